The number of carbonyl (C=O) groups is 2. The van der Waals surface area contributed by atoms with Crippen LogP contribution in [0.3, 0.4) is 0 Å². The summed E-state index contributed by atoms with van der Waals surface area (Å²) in [5, 5.41) is 12.1. The number of benzene rings is 2. The van der Waals surface area contributed by atoms with Gasteiger partial charge in [0.05, 0.1) is 55.6 Å². The van der Waals surface area contributed by atoms with Crippen LogP contribution in [0, 0.1) is 17.8 Å². The lowest BCUT2D eigenvalue weighted by Gasteiger charge is -2.45. The predicted molar refractivity (Wildman–Crippen MR) is 207 cm³/mol. The van der Waals surface area contributed by atoms with E-state index < -0.39 is 27.8 Å². The molecule has 0 unspecified atom stereocenters. The van der Waals surface area contributed by atoms with Crippen molar-refractivity contribution in [2.45, 2.75) is 76.2 Å². The van der Waals surface area contributed by atoms with Crippen LogP contribution in [-0.2, 0) is 44.4 Å². The molecule has 2 amide bonds. The molecule has 1 spiro atoms. The zero-order valence-electron chi connectivity index (χ0n) is 30.9. The van der Waals surface area contributed by atoms with Crippen LogP contribution in [0.25, 0.3) is 0 Å². The molecule has 2 N–H and O–H groups in total. The zero-order chi connectivity index (χ0) is 37.6. The van der Waals surface area contributed by atoms with E-state index in [0.29, 0.717) is 57.2 Å². The first-order valence-electron chi connectivity index (χ1n) is 19.1. The predicted octanol–water partition coefficient (Wildman–Crippen LogP) is 6.10. The van der Waals surface area contributed by atoms with Gasteiger partial charge < -0.3 is 28.8 Å². The normalized spacial score (nSPS) is 31.4. The first-order valence-corrected chi connectivity index (χ1v) is 21.1. The molecule has 1 saturated carbocycles. The molecule has 54 heavy (non-hydrogen) atoms. The lowest BCUT2D eigenvalue weighted by atomic mass is 9.68. The molecule has 13 heteroatoms. The molecule has 288 valence electrons. The lowest BCUT2D eigenvalue weighted by Crippen LogP contribution is -2.49. The molecule has 11 nitrogen and oxygen atoms in total. The number of aryl methyl sites for hydroxylation is 1. The fourth-order valence-corrected chi connectivity index (χ4v) is 11.2. The van der Waals surface area contributed by atoms with Crippen molar-refractivity contribution >= 4 is 39.0 Å². The monoisotopic (exact) mass is 776 g/mol. The van der Waals surface area contributed by atoms with E-state index in [1.807, 2.05) is 35.8 Å². The van der Waals surface area contributed by atoms with Crippen LogP contribution < -0.4 is 14.4 Å². The van der Waals surface area contributed by atoms with Gasteiger partial charge in [0.1, 0.15) is 15.7 Å². The van der Waals surface area contributed by atoms with E-state index in [1.165, 1.54) is 11.1 Å². The third-order valence-electron chi connectivity index (χ3n) is 12.0. The Bertz CT molecular complexity index is 2090. The Balaban J connectivity index is 1.15. The highest BCUT2D eigenvalue weighted by Gasteiger charge is 2.44. The summed E-state index contributed by atoms with van der Waals surface area (Å²) < 4.78 is 41.3. The highest BCUT2D eigenvalue weighted by molar-refractivity contribution is 7.92. The molecule has 1 aromatic heterocycles. The number of aliphatic hydroxyl groups excluding tert-OH is 1. The maximum atomic E-state index is 14.7. The largest absolute Gasteiger partial charge is 0.490 e. The van der Waals surface area contributed by atoms with Crippen molar-refractivity contribution in [3.8, 4) is 5.75 Å². The Morgan fingerprint density at radius 3 is 2.87 bits per heavy atom. The van der Waals surface area contributed by atoms with Crippen LogP contribution >= 0.6 is 11.6 Å². The van der Waals surface area contributed by atoms with Crippen LogP contribution in [0.2, 0.25) is 5.02 Å². The molecule has 2 aromatic carbocycles. The molecule has 2 aliphatic carbocycles. The molecule has 8 rings (SSSR count). The van der Waals surface area contributed by atoms with E-state index in [1.54, 1.807) is 31.5 Å². The molecule has 1 fully saturated rings. The fraction of sp³-hybridized carbons (Fsp3) is 0.512. The molecule has 0 saturated heterocycles. The number of rotatable bonds is 4. The number of nitrogens with zero attached hydrogens (tertiary/aromatic N) is 3. The number of allylic oxidation sites excluding steroid dienone is 1. The smallest absolute Gasteiger partial charge is 0.286 e. The number of hydrogen-bond donors (Lipinski definition) is 2. The topological polar surface area (TPSA) is 132 Å². The minimum atomic E-state index is -3.59. The molecule has 4 heterocycles. The van der Waals surface area contributed by atoms with E-state index >= 15 is 0 Å². The second kappa shape index (κ2) is 15.1. The Morgan fingerprint density at radius 1 is 1.19 bits per heavy atom. The van der Waals surface area contributed by atoms with Crippen LogP contribution in [0.15, 0.2) is 65.2 Å². The first-order chi connectivity index (χ1) is 26.0. The second-order valence-electron chi connectivity index (χ2n) is 15.9. The third kappa shape index (κ3) is 7.47. The van der Waals surface area contributed by atoms with E-state index in [9.17, 15) is 18.9 Å². The van der Waals surface area contributed by atoms with E-state index in [-0.39, 0.29) is 40.6 Å². The van der Waals surface area contributed by atoms with Gasteiger partial charge in [0, 0.05) is 48.1 Å². The van der Waals surface area contributed by atoms with Gasteiger partial charge in [-0.2, -0.15) is 0 Å². The summed E-state index contributed by atoms with van der Waals surface area (Å²) in [7, 11) is -1.98. The number of fused-ring (bicyclic) bond motifs is 5. The SMILES string of the molecule is COC[C@@H]1Cn2cc(C(=O)N[S@@]3(=O)=NC(=O)c4ccc5c(c4)N(C[C@@H]4CC[C@H]4[C@@H](O)/C=C/C[C@H](C)C3)C[C@@]3(CCCc4cc(Cl)ccc43)CO5)cc2CO1. The molecule has 7 atom stereocenters. The van der Waals surface area contributed by atoms with Gasteiger partial charge in [0.2, 0.25) is 0 Å². The van der Waals surface area contributed by atoms with Crippen molar-refractivity contribution in [3.63, 3.8) is 0 Å². The Morgan fingerprint density at radius 2 is 2.06 bits per heavy atom. The highest BCUT2D eigenvalue weighted by Crippen LogP contribution is 2.47. The molecule has 0 radical (unpaired) electrons. The van der Waals surface area contributed by atoms with Crippen molar-refractivity contribution in [1.82, 2.24) is 9.29 Å². The number of methoxy groups -OCH3 is 1. The lowest BCUT2D eigenvalue weighted by molar-refractivity contribution is -0.0382. The van der Waals surface area contributed by atoms with Crippen molar-refractivity contribution in [3.05, 3.63) is 93.8 Å². The minimum Gasteiger partial charge on any atom is -0.490 e. The van der Waals surface area contributed by atoms with Gasteiger partial charge >= 0.3 is 0 Å². The van der Waals surface area contributed by atoms with Crippen molar-refractivity contribution in [2.24, 2.45) is 22.1 Å². The molecule has 5 aliphatic rings. The number of ether oxygens (including phenoxy) is 3. The summed E-state index contributed by atoms with van der Waals surface area (Å²) in [5.41, 5.74) is 4.36. The number of anilines is 1. The van der Waals surface area contributed by atoms with Crippen LogP contribution in [-0.4, -0.2) is 77.1 Å². The summed E-state index contributed by atoms with van der Waals surface area (Å²) in [6.45, 7) is 5.00. The maximum Gasteiger partial charge on any atom is 0.286 e. The summed E-state index contributed by atoms with van der Waals surface area (Å²) in [6.07, 6.45) is 10.1. The van der Waals surface area contributed by atoms with Gasteiger partial charge in [-0.1, -0.05) is 36.7 Å². The molecule has 2 bridgehead atoms. The number of carbonyl (C=O) groups excluding carboxylic acids is 2. The van der Waals surface area contributed by atoms with Crippen LogP contribution in [0.5, 0.6) is 5.75 Å². The van der Waals surface area contributed by atoms with Gasteiger partial charge in [0.15, 0.2) is 0 Å². The average molecular weight is 777 g/mol. The number of nitrogens with one attached hydrogen (secondary N) is 1. The number of aliphatic hydroxyl groups is 1. The summed E-state index contributed by atoms with van der Waals surface area (Å²) in [4.78, 5) is 30.1. The standard InChI is InChI=1S/C41H49ClN4O7S/c1-26-5-3-7-37(47)34-11-8-29(34)18-46-24-41(14-4-6-27-15-31(42)10-12-35(27)41)25-53-38-13-9-28(17-36(38)46)39(48)43-54(50,23-26)44-40(49)30-16-32-21-52-33(22-51-2)20-45(32)19-30/h3,7,9-10,12-13,15-17,19,26,29,33-34,37,47H,4-6,8,11,14,18,20-25H2,1-2H3,(H,43,44,48,49,50)/b7-3+/t26-,29-,33-,34+,37-,41-,54-/m0/s1. The minimum absolute atomic E-state index is 0.0460. The van der Waals surface area contributed by atoms with Gasteiger partial charge in [-0.05, 0) is 104 Å². The van der Waals surface area contributed by atoms with Crippen LogP contribution in [0.4, 0.5) is 5.69 Å². The fourth-order valence-electron chi connectivity index (χ4n) is 9.07. The number of amides is 2. The Hall–Kier alpha value is -3.68. The van der Waals surface area contributed by atoms with Gasteiger partial charge in [0.25, 0.3) is 11.8 Å². The van der Waals surface area contributed by atoms with Crippen molar-refractivity contribution in [1.29, 1.82) is 0 Å². The summed E-state index contributed by atoms with van der Waals surface area (Å²) in [6, 6.07) is 13.2. The average Bonchev–Trinajstić information content (AvgIpc) is 3.49. The number of aromatic nitrogens is 1. The van der Waals surface area contributed by atoms with Crippen molar-refractivity contribution in [2.75, 3.05) is 44.1 Å². The zero-order valence-corrected chi connectivity index (χ0v) is 32.4. The first kappa shape index (κ1) is 37.3. The molecule has 3 aromatic rings. The number of halogens is 1. The van der Waals surface area contributed by atoms with Crippen molar-refractivity contribution < 1.29 is 33.1 Å². The maximum absolute atomic E-state index is 14.7. The Labute approximate surface area is 322 Å². The van der Waals surface area contributed by atoms with Gasteiger partial charge in [-0.3, -0.25) is 14.3 Å². The molecular weight excluding hydrogens is 728 g/mol. The third-order valence-corrected chi connectivity index (χ3v) is 14.2. The molecule has 3 aliphatic heterocycles. The van der Waals surface area contributed by atoms with E-state index in [0.717, 1.165) is 48.5 Å². The second-order valence-corrected chi connectivity index (χ2v) is 18.4. The molecular formula is C41H49ClN4O7S. The Kier molecular flexibility index (Phi) is 10.4. The highest BCUT2D eigenvalue weighted by atomic mass is 35.5. The summed E-state index contributed by atoms with van der Waals surface area (Å²) >= 11 is 6.45. The van der Waals surface area contributed by atoms with E-state index in [2.05, 4.69) is 26.1 Å². The van der Waals surface area contributed by atoms with Crippen LogP contribution in [0.1, 0.15) is 76.6 Å². The number of hydrogen-bond acceptors (Lipinski definition) is 8. The summed E-state index contributed by atoms with van der Waals surface area (Å²) in [5.74, 6) is -0.494. The van der Waals surface area contributed by atoms with Gasteiger partial charge in [-0.25, -0.2) is 4.21 Å². The quantitative estimate of drug-likeness (QED) is 0.305. The van der Waals surface area contributed by atoms with E-state index in [4.69, 9.17) is 25.8 Å². The van der Waals surface area contributed by atoms with Gasteiger partial charge in [-0.15, -0.1) is 4.36 Å².